The molecule has 3 nitrogen and oxygen atoms in total. The molecule has 0 aliphatic rings. The van der Waals surface area contributed by atoms with Crippen molar-refractivity contribution in [1.29, 1.82) is 0 Å². The molecule has 1 N–H and O–H groups in total. The molecule has 0 bridgehead atoms. The Morgan fingerprint density at radius 2 is 2.13 bits per heavy atom. The smallest absolute Gasteiger partial charge is 0.387 e. The summed E-state index contributed by atoms with van der Waals surface area (Å²) in [7, 11) is 0. The van der Waals surface area contributed by atoms with Crippen molar-refractivity contribution in [3.05, 3.63) is 23.8 Å². The predicted molar refractivity (Wildman–Crippen MR) is 51.8 cm³/mol. The van der Waals surface area contributed by atoms with Crippen LogP contribution in [0.15, 0.2) is 23.1 Å². The van der Waals surface area contributed by atoms with Crippen LogP contribution >= 0.6 is 11.8 Å². The van der Waals surface area contributed by atoms with Gasteiger partial charge in [0.2, 0.25) is 0 Å². The molecule has 0 radical (unpaired) electrons. The highest BCUT2D eigenvalue weighted by atomic mass is 32.2. The number of hydrogen-bond acceptors (Lipinski definition) is 3. The highest BCUT2D eigenvalue weighted by molar-refractivity contribution is 7.98. The molecular formula is C9H8F2O3S. The Kier molecular flexibility index (Phi) is 3.90. The number of carbonyl (C=O) groups is 1. The molecule has 0 saturated carbocycles. The van der Waals surface area contributed by atoms with Gasteiger partial charge in [-0.05, 0) is 24.5 Å². The van der Waals surface area contributed by atoms with Crippen LogP contribution in [-0.2, 0) is 0 Å². The molecule has 0 fully saturated rings. The number of rotatable bonds is 4. The molecule has 1 aromatic carbocycles. The number of carboxylic acids is 1. The maximum Gasteiger partial charge on any atom is 0.387 e. The van der Waals surface area contributed by atoms with E-state index in [9.17, 15) is 13.6 Å². The minimum atomic E-state index is -2.95. The molecule has 0 saturated heterocycles. The van der Waals surface area contributed by atoms with E-state index >= 15 is 0 Å². The summed E-state index contributed by atoms with van der Waals surface area (Å²) < 4.78 is 28.0. The Morgan fingerprint density at radius 1 is 1.47 bits per heavy atom. The lowest BCUT2D eigenvalue weighted by Gasteiger charge is -2.07. The topological polar surface area (TPSA) is 46.5 Å². The van der Waals surface area contributed by atoms with Crippen molar-refractivity contribution in [2.24, 2.45) is 0 Å². The van der Waals surface area contributed by atoms with Gasteiger partial charge in [0.05, 0.1) is 5.56 Å². The molecule has 82 valence electrons. The van der Waals surface area contributed by atoms with E-state index in [0.29, 0.717) is 4.90 Å². The Labute approximate surface area is 89.0 Å². The largest absolute Gasteiger partial charge is 0.478 e. The minimum absolute atomic E-state index is 0.0718. The second kappa shape index (κ2) is 4.97. The summed E-state index contributed by atoms with van der Waals surface area (Å²) in [6, 6.07) is 3.82. The fraction of sp³-hybridized carbons (Fsp3) is 0.222. The first-order valence-electron chi connectivity index (χ1n) is 3.90. The van der Waals surface area contributed by atoms with E-state index in [2.05, 4.69) is 4.74 Å². The van der Waals surface area contributed by atoms with Gasteiger partial charge in [0.15, 0.2) is 0 Å². The molecule has 0 aliphatic carbocycles. The molecule has 1 aromatic rings. The van der Waals surface area contributed by atoms with E-state index in [0.717, 1.165) is 6.07 Å². The number of hydrogen-bond donors (Lipinski definition) is 1. The molecule has 0 heterocycles. The van der Waals surface area contributed by atoms with Crippen LogP contribution in [0.25, 0.3) is 0 Å². The van der Waals surface area contributed by atoms with Gasteiger partial charge in [-0.25, -0.2) is 4.79 Å². The van der Waals surface area contributed by atoms with Crippen LogP contribution in [0.3, 0.4) is 0 Å². The van der Waals surface area contributed by atoms with E-state index in [1.165, 1.54) is 23.9 Å². The number of carboxylic acid groups (broad SMARTS) is 1. The molecular weight excluding hydrogens is 226 g/mol. The summed E-state index contributed by atoms with van der Waals surface area (Å²) in [5.41, 5.74) is -0.0718. The number of ether oxygens (including phenoxy) is 1. The van der Waals surface area contributed by atoms with Gasteiger partial charge in [0, 0.05) is 4.90 Å². The zero-order valence-corrected chi connectivity index (χ0v) is 8.55. The van der Waals surface area contributed by atoms with Gasteiger partial charge in [-0.15, -0.1) is 11.8 Å². The molecule has 0 atom stereocenters. The summed E-state index contributed by atoms with van der Waals surface area (Å²) in [5.74, 6) is -1.32. The maximum atomic E-state index is 11.9. The van der Waals surface area contributed by atoms with E-state index in [1.54, 1.807) is 6.26 Å². The number of benzene rings is 1. The van der Waals surface area contributed by atoms with Gasteiger partial charge in [-0.1, -0.05) is 0 Å². The van der Waals surface area contributed by atoms with E-state index in [1.807, 2.05) is 0 Å². The minimum Gasteiger partial charge on any atom is -0.478 e. The average molecular weight is 234 g/mol. The fourth-order valence-corrected chi connectivity index (χ4v) is 1.46. The lowest BCUT2D eigenvalue weighted by molar-refractivity contribution is -0.0500. The monoisotopic (exact) mass is 234 g/mol. The van der Waals surface area contributed by atoms with Crippen LogP contribution in [0, 0.1) is 0 Å². The van der Waals surface area contributed by atoms with Crippen LogP contribution < -0.4 is 4.74 Å². The van der Waals surface area contributed by atoms with Gasteiger partial charge >= 0.3 is 12.6 Å². The Bertz CT molecular complexity index is 368. The Morgan fingerprint density at radius 3 is 2.60 bits per heavy atom. The molecule has 1 rings (SSSR count). The fourth-order valence-electron chi connectivity index (χ4n) is 0.984. The highest BCUT2D eigenvalue weighted by Crippen LogP contribution is 2.24. The zero-order valence-electron chi connectivity index (χ0n) is 7.74. The van der Waals surface area contributed by atoms with Gasteiger partial charge in [0.1, 0.15) is 5.75 Å². The Hall–Kier alpha value is -1.30. The molecule has 0 aliphatic heterocycles. The Balaban J connectivity index is 3.05. The SMILES string of the molecule is CSc1cc(OC(F)F)cc(C(=O)O)c1. The van der Waals surface area contributed by atoms with Crippen molar-refractivity contribution in [2.45, 2.75) is 11.5 Å². The van der Waals surface area contributed by atoms with E-state index in [-0.39, 0.29) is 11.3 Å². The zero-order chi connectivity index (χ0) is 11.4. The lowest BCUT2D eigenvalue weighted by atomic mass is 10.2. The van der Waals surface area contributed by atoms with Gasteiger partial charge in [-0.2, -0.15) is 8.78 Å². The van der Waals surface area contributed by atoms with Crippen molar-refractivity contribution in [3.8, 4) is 5.75 Å². The first-order chi connectivity index (χ1) is 7.02. The van der Waals surface area contributed by atoms with Crippen LogP contribution in [0.2, 0.25) is 0 Å². The van der Waals surface area contributed by atoms with E-state index < -0.39 is 12.6 Å². The lowest BCUT2D eigenvalue weighted by Crippen LogP contribution is -2.04. The van der Waals surface area contributed by atoms with Crippen molar-refractivity contribution in [3.63, 3.8) is 0 Å². The predicted octanol–water partition coefficient (Wildman–Crippen LogP) is 2.71. The van der Waals surface area contributed by atoms with Crippen LogP contribution in [-0.4, -0.2) is 23.9 Å². The number of aromatic carboxylic acids is 1. The maximum absolute atomic E-state index is 11.9. The van der Waals surface area contributed by atoms with Gasteiger partial charge in [-0.3, -0.25) is 0 Å². The van der Waals surface area contributed by atoms with Crippen molar-refractivity contribution in [1.82, 2.24) is 0 Å². The quantitative estimate of drug-likeness (QED) is 0.813. The normalized spacial score (nSPS) is 10.4. The molecule has 15 heavy (non-hydrogen) atoms. The standard InChI is InChI=1S/C9H8F2O3S/c1-15-7-3-5(8(12)13)2-6(4-7)14-9(10)11/h2-4,9H,1H3,(H,12,13). The summed E-state index contributed by atoms with van der Waals surface area (Å²) in [6.07, 6.45) is 1.72. The summed E-state index contributed by atoms with van der Waals surface area (Å²) >= 11 is 1.25. The van der Waals surface area contributed by atoms with Crippen molar-refractivity contribution < 1.29 is 23.4 Å². The van der Waals surface area contributed by atoms with Crippen molar-refractivity contribution >= 4 is 17.7 Å². The van der Waals surface area contributed by atoms with Crippen LogP contribution in [0.1, 0.15) is 10.4 Å². The molecule has 6 heteroatoms. The number of thioether (sulfide) groups is 1. The molecule has 0 amide bonds. The van der Waals surface area contributed by atoms with Crippen LogP contribution in [0.4, 0.5) is 8.78 Å². The molecule has 0 spiro atoms. The number of halogens is 2. The van der Waals surface area contributed by atoms with Crippen LogP contribution in [0.5, 0.6) is 5.75 Å². The highest BCUT2D eigenvalue weighted by Gasteiger charge is 2.10. The van der Waals surface area contributed by atoms with E-state index in [4.69, 9.17) is 5.11 Å². The second-order valence-electron chi connectivity index (χ2n) is 2.58. The summed E-state index contributed by atoms with van der Waals surface area (Å²) in [6.45, 7) is -2.95. The second-order valence-corrected chi connectivity index (χ2v) is 3.46. The van der Waals surface area contributed by atoms with Gasteiger partial charge in [0.25, 0.3) is 0 Å². The first kappa shape index (κ1) is 11.8. The number of alkyl halides is 2. The third kappa shape index (κ3) is 3.39. The first-order valence-corrected chi connectivity index (χ1v) is 5.12. The average Bonchev–Trinajstić information content (AvgIpc) is 2.16. The van der Waals surface area contributed by atoms with Crippen molar-refractivity contribution in [2.75, 3.05) is 6.26 Å². The summed E-state index contributed by atoms with van der Waals surface area (Å²) in [5, 5.41) is 8.71. The summed E-state index contributed by atoms with van der Waals surface area (Å²) in [4.78, 5) is 11.2. The van der Waals surface area contributed by atoms with Gasteiger partial charge < -0.3 is 9.84 Å². The third-order valence-corrected chi connectivity index (χ3v) is 2.29. The molecule has 0 aromatic heterocycles. The third-order valence-electron chi connectivity index (χ3n) is 1.59. The molecule has 0 unspecified atom stereocenters.